The fraction of sp³-hybridized carbons (Fsp3) is 0.111. The van der Waals surface area contributed by atoms with E-state index >= 15 is 0 Å². The van der Waals surface area contributed by atoms with Gasteiger partial charge >= 0.3 is 0 Å². The molecule has 4 nitrogen and oxygen atoms in total. The molecule has 114 valence electrons. The molecule has 3 rings (SSSR count). The van der Waals surface area contributed by atoms with Gasteiger partial charge in [-0.15, -0.1) is 0 Å². The molecule has 0 saturated carbocycles. The largest absolute Gasteiger partial charge is 0.478 e. The predicted molar refractivity (Wildman–Crippen MR) is 86.7 cm³/mol. The summed E-state index contributed by atoms with van der Waals surface area (Å²) in [5.74, 6) is 1.00. The van der Waals surface area contributed by atoms with Crippen LogP contribution in [0.3, 0.4) is 0 Å². The maximum absolute atomic E-state index is 12.5. The van der Waals surface area contributed by atoms with Crippen LogP contribution < -0.4 is 9.47 Å². The molecular formula is C18H12ClNO3. The highest BCUT2D eigenvalue weighted by Crippen LogP contribution is 2.39. The van der Waals surface area contributed by atoms with E-state index < -0.39 is 0 Å². The Morgan fingerprint density at radius 3 is 2.83 bits per heavy atom. The minimum atomic E-state index is -0.199. The third-order valence-electron chi connectivity index (χ3n) is 3.52. The van der Waals surface area contributed by atoms with E-state index in [0.29, 0.717) is 33.2 Å². The van der Waals surface area contributed by atoms with Crippen LogP contribution >= 0.6 is 11.6 Å². The summed E-state index contributed by atoms with van der Waals surface area (Å²) in [5, 5.41) is 9.15. The zero-order valence-electron chi connectivity index (χ0n) is 12.3. The van der Waals surface area contributed by atoms with Crippen molar-refractivity contribution in [2.45, 2.75) is 6.92 Å². The molecule has 2 aromatic rings. The minimum absolute atomic E-state index is 0.0596. The number of Topliss-reactive ketones (excluding diaryl/α,β-unsaturated/α-hetero) is 1. The van der Waals surface area contributed by atoms with Crippen LogP contribution in [0.4, 0.5) is 0 Å². The summed E-state index contributed by atoms with van der Waals surface area (Å²) in [7, 11) is 0. The van der Waals surface area contributed by atoms with Gasteiger partial charge in [0, 0.05) is 10.6 Å². The average Bonchev–Trinajstić information content (AvgIpc) is 2.86. The fourth-order valence-corrected chi connectivity index (χ4v) is 2.56. The van der Waals surface area contributed by atoms with Gasteiger partial charge in [-0.2, -0.15) is 5.26 Å². The smallest absolute Gasteiger partial charge is 0.231 e. The highest BCUT2D eigenvalue weighted by molar-refractivity contribution is 6.32. The summed E-state index contributed by atoms with van der Waals surface area (Å²) in [4.78, 5) is 12.5. The van der Waals surface area contributed by atoms with Crippen molar-refractivity contribution in [3.63, 3.8) is 0 Å². The van der Waals surface area contributed by atoms with Crippen molar-refractivity contribution < 1.29 is 14.3 Å². The Morgan fingerprint density at radius 2 is 2.09 bits per heavy atom. The van der Waals surface area contributed by atoms with Crippen LogP contribution in [0.2, 0.25) is 5.02 Å². The average molecular weight is 326 g/mol. The SMILES string of the molecule is Cc1c(OCC#N)ccc2c1O/C(=C\c1ccccc1Cl)C2=O. The Labute approximate surface area is 138 Å². The molecule has 1 heterocycles. The first kappa shape index (κ1) is 15.1. The molecule has 23 heavy (non-hydrogen) atoms. The van der Waals surface area contributed by atoms with Gasteiger partial charge in [0.1, 0.15) is 17.6 Å². The van der Waals surface area contributed by atoms with Crippen molar-refractivity contribution in [2.75, 3.05) is 6.61 Å². The Kier molecular flexibility index (Phi) is 4.05. The molecule has 1 aliphatic heterocycles. The summed E-state index contributed by atoms with van der Waals surface area (Å²) in [5.41, 5.74) is 1.88. The Morgan fingerprint density at radius 1 is 1.30 bits per heavy atom. The van der Waals surface area contributed by atoms with Crippen molar-refractivity contribution in [3.8, 4) is 17.6 Å². The number of hydrogen-bond donors (Lipinski definition) is 0. The molecule has 0 bridgehead atoms. The van der Waals surface area contributed by atoms with Crippen LogP contribution in [0, 0.1) is 18.3 Å². The monoisotopic (exact) mass is 325 g/mol. The topological polar surface area (TPSA) is 59.3 Å². The van der Waals surface area contributed by atoms with Gasteiger partial charge < -0.3 is 9.47 Å². The van der Waals surface area contributed by atoms with Crippen LogP contribution in [-0.2, 0) is 0 Å². The second-order valence-corrected chi connectivity index (χ2v) is 5.38. The fourth-order valence-electron chi connectivity index (χ4n) is 2.37. The van der Waals surface area contributed by atoms with E-state index in [1.54, 1.807) is 31.2 Å². The van der Waals surface area contributed by atoms with Gasteiger partial charge in [-0.05, 0) is 36.8 Å². The molecule has 0 aromatic heterocycles. The van der Waals surface area contributed by atoms with E-state index in [4.69, 9.17) is 26.3 Å². The number of benzene rings is 2. The lowest BCUT2D eigenvalue weighted by atomic mass is 10.1. The summed E-state index contributed by atoms with van der Waals surface area (Å²) in [6.07, 6.45) is 1.62. The van der Waals surface area contributed by atoms with E-state index in [0.717, 1.165) is 0 Å². The molecule has 0 aliphatic carbocycles. The van der Waals surface area contributed by atoms with E-state index in [1.165, 1.54) is 0 Å². The van der Waals surface area contributed by atoms with Gasteiger partial charge in [-0.25, -0.2) is 0 Å². The number of allylic oxidation sites excluding steroid dienone is 1. The predicted octanol–water partition coefficient (Wildman–Crippen LogP) is 4.17. The summed E-state index contributed by atoms with van der Waals surface area (Å²) < 4.78 is 11.0. The maximum atomic E-state index is 12.5. The highest BCUT2D eigenvalue weighted by atomic mass is 35.5. The summed E-state index contributed by atoms with van der Waals surface area (Å²) >= 11 is 6.11. The number of ketones is 1. The summed E-state index contributed by atoms with van der Waals surface area (Å²) in [6, 6.07) is 12.4. The number of carbonyl (C=O) groups excluding carboxylic acids is 1. The zero-order chi connectivity index (χ0) is 16.4. The molecule has 0 fully saturated rings. The number of fused-ring (bicyclic) bond motifs is 1. The molecule has 0 amide bonds. The van der Waals surface area contributed by atoms with Crippen LogP contribution in [-0.4, -0.2) is 12.4 Å². The lowest BCUT2D eigenvalue weighted by molar-refractivity contribution is 0.101. The molecule has 0 spiro atoms. The van der Waals surface area contributed by atoms with Crippen LogP contribution in [0.1, 0.15) is 21.5 Å². The molecule has 5 heteroatoms. The minimum Gasteiger partial charge on any atom is -0.478 e. The first-order valence-electron chi connectivity index (χ1n) is 6.94. The van der Waals surface area contributed by atoms with Crippen LogP contribution in [0.15, 0.2) is 42.2 Å². The normalized spacial score (nSPS) is 14.3. The standard InChI is InChI=1S/C18H12ClNO3/c1-11-15(22-9-8-20)7-6-13-17(21)16(23-18(11)13)10-12-4-2-3-5-14(12)19/h2-7,10H,9H2,1H3/b16-10-. The maximum Gasteiger partial charge on any atom is 0.231 e. The molecule has 2 aromatic carbocycles. The third kappa shape index (κ3) is 2.79. The first-order chi connectivity index (χ1) is 11.1. The number of rotatable bonds is 3. The molecule has 0 N–H and O–H groups in total. The zero-order valence-corrected chi connectivity index (χ0v) is 13.1. The number of halogens is 1. The third-order valence-corrected chi connectivity index (χ3v) is 3.86. The van der Waals surface area contributed by atoms with Crippen molar-refractivity contribution in [1.82, 2.24) is 0 Å². The van der Waals surface area contributed by atoms with Crippen LogP contribution in [0.5, 0.6) is 11.5 Å². The van der Waals surface area contributed by atoms with Gasteiger partial charge in [0.25, 0.3) is 0 Å². The highest BCUT2D eigenvalue weighted by Gasteiger charge is 2.30. The van der Waals surface area contributed by atoms with Gasteiger partial charge in [-0.1, -0.05) is 29.8 Å². The Hall–Kier alpha value is -2.77. The number of hydrogen-bond acceptors (Lipinski definition) is 4. The van der Waals surface area contributed by atoms with Crippen molar-refractivity contribution in [1.29, 1.82) is 5.26 Å². The van der Waals surface area contributed by atoms with Gasteiger partial charge in [0.15, 0.2) is 12.4 Å². The first-order valence-corrected chi connectivity index (χ1v) is 7.31. The van der Waals surface area contributed by atoms with Crippen molar-refractivity contribution >= 4 is 23.5 Å². The quantitative estimate of drug-likeness (QED) is 0.795. The number of ether oxygens (including phenoxy) is 2. The van der Waals surface area contributed by atoms with Gasteiger partial charge in [0.2, 0.25) is 5.78 Å². The van der Waals surface area contributed by atoms with E-state index in [2.05, 4.69) is 0 Å². The number of carbonyl (C=O) groups is 1. The van der Waals surface area contributed by atoms with Crippen LogP contribution in [0.25, 0.3) is 6.08 Å². The van der Waals surface area contributed by atoms with E-state index in [1.807, 2.05) is 24.3 Å². The molecule has 0 atom stereocenters. The van der Waals surface area contributed by atoms with Gasteiger partial charge in [-0.3, -0.25) is 4.79 Å². The lowest BCUT2D eigenvalue weighted by Crippen LogP contribution is -1.98. The van der Waals surface area contributed by atoms with Crippen molar-refractivity contribution in [3.05, 3.63) is 63.9 Å². The number of nitrogens with zero attached hydrogens (tertiary/aromatic N) is 1. The molecule has 0 unspecified atom stereocenters. The van der Waals surface area contributed by atoms with E-state index in [9.17, 15) is 4.79 Å². The van der Waals surface area contributed by atoms with Gasteiger partial charge in [0.05, 0.1) is 5.56 Å². The molecule has 0 saturated heterocycles. The second-order valence-electron chi connectivity index (χ2n) is 4.97. The van der Waals surface area contributed by atoms with Crippen molar-refractivity contribution in [2.24, 2.45) is 0 Å². The molecule has 0 radical (unpaired) electrons. The lowest BCUT2D eigenvalue weighted by Gasteiger charge is -2.08. The molecule has 1 aliphatic rings. The second kappa shape index (κ2) is 6.15. The number of nitriles is 1. The molecular weight excluding hydrogens is 314 g/mol. The Balaban J connectivity index is 1.98. The summed E-state index contributed by atoms with van der Waals surface area (Å²) in [6.45, 7) is 1.73. The Bertz CT molecular complexity index is 865. The van der Waals surface area contributed by atoms with E-state index in [-0.39, 0.29) is 18.1 Å².